The van der Waals surface area contributed by atoms with Gasteiger partial charge in [0.2, 0.25) is 0 Å². The summed E-state index contributed by atoms with van der Waals surface area (Å²) in [6.07, 6.45) is 1.11. The maximum absolute atomic E-state index is 11.0. The van der Waals surface area contributed by atoms with Crippen molar-refractivity contribution in [2.24, 2.45) is 5.73 Å². The fourth-order valence-electron chi connectivity index (χ4n) is 1.78. The lowest BCUT2D eigenvalue weighted by molar-refractivity contribution is -0.430. The Hall–Kier alpha value is -2.75. The van der Waals surface area contributed by atoms with E-state index in [1.54, 1.807) is 6.92 Å². The SMILES string of the molecule is CCOc1nc2c(cc1[N+](=O)[O-])C(N)C([N+](=O)[O-])=CN2. The highest BCUT2D eigenvalue weighted by atomic mass is 16.6. The molecule has 2 heterocycles. The van der Waals surface area contributed by atoms with Crippen molar-refractivity contribution < 1.29 is 14.6 Å². The van der Waals surface area contributed by atoms with E-state index in [2.05, 4.69) is 10.3 Å². The largest absolute Gasteiger partial charge is 0.473 e. The third kappa shape index (κ3) is 2.23. The molecule has 0 saturated heterocycles. The van der Waals surface area contributed by atoms with Crippen molar-refractivity contribution >= 4 is 11.5 Å². The Labute approximate surface area is 112 Å². The van der Waals surface area contributed by atoms with Crippen molar-refractivity contribution in [3.63, 3.8) is 0 Å². The Balaban J connectivity index is 2.53. The van der Waals surface area contributed by atoms with Crippen LogP contribution >= 0.6 is 0 Å². The fourth-order valence-corrected chi connectivity index (χ4v) is 1.78. The molecule has 2 rings (SSSR count). The number of anilines is 1. The molecule has 0 radical (unpaired) electrons. The zero-order valence-electron chi connectivity index (χ0n) is 10.4. The molecule has 20 heavy (non-hydrogen) atoms. The van der Waals surface area contributed by atoms with Gasteiger partial charge < -0.3 is 15.8 Å². The number of hydrogen-bond acceptors (Lipinski definition) is 8. The number of nitro groups is 2. The molecule has 0 saturated carbocycles. The van der Waals surface area contributed by atoms with Gasteiger partial charge in [0.15, 0.2) is 0 Å². The molecule has 0 aromatic carbocycles. The highest BCUT2D eigenvalue weighted by molar-refractivity contribution is 5.60. The minimum atomic E-state index is -1.09. The minimum Gasteiger partial charge on any atom is -0.473 e. The Morgan fingerprint density at radius 3 is 2.70 bits per heavy atom. The number of nitrogens with zero attached hydrogens (tertiary/aromatic N) is 3. The smallest absolute Gasteiger partial charge is 0.331 e. The molecule has 1 aliphatic heterocycles. The number of hydrogen-bond donors (Lipinski definition) is 2. The third-order valence-corrected chi connectivity index (χ3v) is 2.70. The number of nitrogens with one attached hydrogen (secondary N) is 1. The summed E-state index contributed by atoms with van der Waals surface area (Å²) in [6, 6.07) is 0.0460. The monoisotopic (exact) mass is 281 g/mol. The lowest BCUT2D eigenvalue weighted by Crippen LogP contribution is -2.25. The standard InChI is InChI=1S/C10H11N5O5/c1-2-20-10-6(14(16)17)3-5-8(11)7(15(18)19)4-12-9(5)13-10/h3-4,8H,2,11H2,1H3,(H,12,13). The highest BCUT2D eigenvalue weighted by Gasteiger charge is 2.33. The zero-order valence-corrected chi connectivity index (χ0v) is 10.4. The maximum atomic E-state index is 11.0. The topological polar surface area (TPSA) is 146 Å². The summed E-state index contributed by atoms with van der Waals surface area (Å²) in [7, 11) is 0. The number of aromatic nitrogens is 1. The summed E-state index contributed by atoms with van der Waals surface area (Å²) in [5, 5.41) is 24.4. The number of rotatable bonds is 4. The van der Waals surface area contributed by atoms with Crippen LogP contribution in [0.1, 0.15) is 18.5 Å². The highest BCUT2D eigenvalue weighted by Crippen LogP contribution is 2.36. The Bertz CT molecular complexity index is 614. The van der Waals surface area contributed by atoms with Crippen molar-refractivity contribution in [1.29, 1.82) is 0 Å². The van der Waals surface area contributed by atoms with Crippen LogP contribution in [0.2, 0.25) is 0 Å². The van der Waals surface area contributed by atoms with Gasteiger partial charge in [-0.2, -0.15) is 4.98 Å². The molecular weight excluding hydrogens is 270 g/mol. The molecular formula is C10H11N5O5. The van der Waals surface area contributed by atoms with Crippen molar-refractivity contribution in [2.75, 3.05) is 11.9 Å². The molecule has 10 heteroatoms. The molecule has 0 aliphatic carbocycles. The number of fused-ring (bicyclic) bond motifs is 1. The number of pyridine rings is 1. The summed E-state index contributed by atoms with van der Waals surface area (Å²) < 4.78 is 5.09. The summed E-state index contributed by atoms with van der Waals surface area (Å²) >= 11 is 0. The van der Waals surface area contributed by atoms with Crippen LogP contribution in [0.4, 0.5) is 11.5 Å². The van der Waals surface area contributed by atoms with Gasteiger partial charge in [-0.3, -0.25) is 20.2 Å². The second kappa shape index (κ2) is 5.09. The number of ether oxygens (including phenoxy) is 1. The van der Waals surface area contributed by atoms with Gasteiger partial charge in [-0.1, -0.05) is 0 Å². The van der Waals surface area contributed by atoms with Crippen molar-refractivity contribution in [3.05, 3.63) is 43.8 Å². The molecule has 0 bridgehead atoms. The first-order valence-corrected chi connectivity index (χ1v) is 5.64. The van der Waals surface area contributed by atoms with Gasteiger partial charge in [-0.05, 0) is 6.92 Å². The van der Waals surface area contributed by atoms with E-state index in [1.807, 2.05) is 0 Å². The number of nitrogens with two attached hydrogens (primary N) is 1. The van der Waals surface area contributed by atoms with E-state index >= 15 is 0 Å². The normalized spacial score (nSPS) is 16.7. The molecule has 1 unspecified atom stereocenters. The summed E-state index contributed by atoms with van der Waals surface area (Å²) in [4.78, 5) is 24.4. The van der Waals surface area contributed by atoms with E-state index in [1.165, 1.54) is 0 Å². The van der Waals surface area contributed by atoms with Crippen molar-refractivity contribution in [1.82, 2.24) is 4.98 Å². The van der Waals surface area contributed by atoms with Gasteiger partial charge in [-0.15, -0.1) is 0 Å². The summed E-state index contributed by atoms with van der Waals surface area (Å²) in [6.45, 7) is 1.86. The Kier molecular flexibility index (Phi) is 3.48. The summed E-state index contributed by atoms with van der Waals surface area (Å²) in [5.41, 5.74) is 5.23. The first-order chi connectivity index (χ1) is 9.45. The van der Waals surface area contributed by atoms with Gasteiger partial charge in [0.1, 0.15) is 11.9 Å². The first-order valence-electron chi connectivity index (χ1n) is 5.64. The van der Waals surface area contributed by atoms with Crippen LogP contribution in [-0.2, 0) is 0 Å². The van der Waals surface area contributed by atoms with Gasteiger partial charge in [0.25, 0.3) is 11.6 Å². The molecule has 0 fully saturated rings. The molecule has 1 aromatic rings. The van der Waals surface area contributed by atoms with E-state index in [0.717, 1.165) is 12.3 Å². The predicted molar refractivity (Wildman–Crippen MR) is 67.7 cm³/mol. The molecule has 3 N–H and O–H groups in total. The molecule has 0 amide bonds. The lowest BCUT2D eigenvalue weighted by Gasteiger charge is -2.19. The van der Waals surface area contributed by atoms with Crippen LogP contribution in [0.5, 0.6) is 5.88 Å². The van der Waals surface area contributed by atoms with Crippen LogP contribution in [0.3, 0.4) is 0 Å². The van der Waals surface area contributed by atoms with E-state index in [9.17, 15) is 20.2 Å². The van der Waals surface area contributed by atoms with Crippen molar-refractivity contribution in [3.8, 4) is 5.88 Å². The molecule has 106 valence electrons. The van der Waals surface area contributed by atoms with Crippen LogP contribution in [0.15, 0.2) is 18.0 Å². The van der Waals surface area contributed by atoms with Gasteiger partial charge in [-0.25, -0.2) is 0 Å². The molecule has 1 atom stereocenters. The second-order valence-corrected chi connectivity index (χ2v) is 3.89. The summed E-state index contributed by atoms with van der Waals surface area (Å²) in [5.74, 6) is 0.0473. The van der Waals surface area contributed by atoms with E-state index in [4.69, 9.17) is 10.5 Å². The van der Waals surface area contributed by atoms with Crippen LogP contribution < -0.4 is 15.8 Å². The third-order valence-electron chi connectivity index (χ3n) is 2.70. The molecule has 1 aliphatic rings. The van der Waals surface area contributed by atoms with E-state index in [-0.39, 0.29) is 35.3 Å². The predicted octanol–water partition coefficient (Wildman–Crippen LogP) is 0.932. The van der Waals surface area contributed by atoms with E-state index < -0.39 is 15.9 Å². The molecule has 1 aromatic heterocycles. The Morgan fingerprint density at radius 2 is 2.15 bits per heavy atom. The van der Waals surface area contributed by atoms with Gasteiger partial charge in [0.05, 0.1) is 22.7 Å². The molecule has 10 nitrogen and oxygen atoms in total. The van der Waals surface area contributed by atoms with Gasteiger partial charge >= 0.3 is 5.69 Å². The van der Waals surface area contributed by atoms with Crippen LogP contribution in [0.25, 0.3) is 0 Å². The average molecular weight is 281 g/mol. The lowest BCUT2D eigenvalue weighted by atomic mass is 10.0. The minimum absolute atomic E-state index is 0.158. The average Bonchev–Trinajstić information content (AvgIpc) is 2.38. The zero-order chi connectivity index (χ0) is 14.9. The Morgan fingerprint density at radius 1 is 1.45 bits per heavy atom. The van der Waals surface area contributed by atoms with Crippen LogP contribution in [-0.4, -0.2) is 21.4 Å². The quantitative estimate of drug-likeness (QED) is 0.611. The second-order valence-electron chi connectivity index (χ2n) is 3.89. The van der Waals surface area contributed by atoms with Crippen molar-refractivity contribution in [2.45, 2.75) is 13.0 Å². The van der Waals surface area contributed by atoms with Crippen LogP contribution in [0, 0.1) is 20.2 Å². The molecule has 0 spiro atoms. The maximum Gasteiger partial charge on any atom is 0.331 e. The first kappa shape index (κ1) is 13.7. The van der Waals surface area contributed by atoms with E-state index in [0.29, 0.717) is 0 Å². The van der Waals surface area contributed by atoms with Gasteiger partial charge in [0, 0.05) is 11.6 Å². The fraction of sp³-hybridized carbons (Fsp3) is 0.300.